The highest BCUT2D eigenvalue weighted by molar-refractivity contribution is 8.03. The van der Waals surface area contributed by atoms with Crippen LogP contribution in [0.3, 0.4) is 0 Å². The SMILES string of the molecule is CN=C1C=C(Sc2ncn[nH]2)C(=O)c2ccccc21.Sc1ccccc1. The van der Waals surface area contributed by atoms with Gasteiger partial charge in [-0.2, -0.15) is 5.10 Å². The summed E-state index contributed by atoms with van der Waals surface area (Å²) in [6.45, 7) is 0. The number of aromatic amines is 1. The fourth-order valence-corrected chi connectivity index (χ4v) is 3.29. The molecular weight excluding hydrogens is 364 g/mol. The monoisotopic (exact) mass is 380 g/mol. The molecule has 0 aliphatic heterocycles. The van der Waals surface area contributed by atoms with Crippen LogP contribution in [0, 0.1) is 0 Å². The van der Waals surface area contributed by atoms with Gasteiger partial charge in [-0.15, -0.1) is 12.6 Å². The molecule has 1 heterocycles. The van der Waals surface area contributed by atoms with Crippen molar-refractivity contribution in [2.45, 2.75) is 10.1 Å². The van der Waals surface area contributed by atoms with Crippen LogP contribution in [0.2, 0.25) is 0 Å². The van der Waals surface area contributed by atoms with E-state index in [0.29, 0.717) is 15.6 Å². The van der Waals surface area contributed by atoms with E-state index in [-0.39, 0.29) is 5.78 Å². The van der Waals surface area contributed by atoms with E-state index in [1.54, 1.807) is 13.1 Å². The van der Waals surface area contributed by atoms with Crippen molar-refractivity contribution < 1.29 is 4.79 Å². The van der Waals surface area contributed by atoms with E-state index in [1.807, 2.05) is 54.6 Å². The molecule has 0 fully saturated rings. The number of thiol groups is 1. The molecule has 1 aliphatic carbocycles. The first-order valence-corrected chi connectivity index (χ1v) is 9.05. The summed E-state index contributed by atoms with van der Waals surface area (Å²) in [5, 5.41) is 7.09. The lowest BCUT2D eigenvalue weighted by atomic mass is 9.94. The number of nitrogens with zero attached hydrogens (tertiary/aromatic N) is 3. The predicted molar refractivity (Wildman–Crippen MR) is 107 cm³/mol. The topological polar surface area (TPSA) is 71.0 Å². The summed E-state index contributed by atoms with van der Waals surface area (Å²) >= 11 is 5.35. The molecule has 26 heavy (non-hydrogen) atoms. The number of aliphatic imine (C=N–C) groups is 1. The number of carbonyl (C=O) groups is 1. The Hall–Kier alpha value is -2.64. The highest BCUT2D eigenvalue weighted by Crippen LogP contribution is 2.31. The van der Waals surface area contributed by atoms with Gasteiger partial charge in [-0.1, -0.05) is 42.5 Å². The molecule has 1 aromatic heterocycles. The van der Waals surface area contributed by atoms with E-state index in [2.05, 4.69) is 32.8 Å². The summed E-state index contributed by atoms with van der Waals surface area (Å²) in [5.74, 6) is -0.00981. The molecule has 0 saturated heterocycles. The zero-order valence-corrected chi connectivity index (χ0v) is 15.7. The summed E-state index contributed by atoms with van der Waals surface area (Å²) in [6.07, 6.45) is 3.21. The number of allylic oxidation sites excluding steroid dienone is 2. The van der Waals surface area contributed by atoms with Crippen LogP contribution in [0.15, 0.2) is 87.0 Å². The van der Waals surface area contributed by atoms with E-state index in [9.17, 15) is 4.79 Å². The lowest BCUT2D eigenvalue weighted by molar-refractivity contribution is 0.104. The van der Waals surface area contributed by atoms with Crippen LogP contribution in [0.5, 0.6) is 0 Å². The van der Waals surface area contributed by atoms with Crippen LogP contribution in [0.4, 0.5) is 0 Å². The van der Waals surface area contributed by atoms with Gasteiger partial charge in [-0.3, -0.25) is 14.9 Å². The largest absolute Gasteiger partial charge is 0.288 e. The minimum absolute atomic E-state index is 0.00981. The molecule has 5 nitrogen and oxygen atoms in total. The van der Waals surface area contributed by atoms with Gasteiger partial charge in [-0.25, -0.2) is 4.98 Å². The molecule has 0 amide bonds. The van der Waals surface area contributed by atoms with E-state index < -0.39 is 0 Å². The third-order valence-corrected chi connectivity index (χ3v) is 4.75. The number of fused-ring (bicyclic) bond motifs is 1. The van der Waals surface area contributed by atoms with Crippen LogP contribution in [-0.2, 0) is 0 Å². The molecule has 4 rings (SSSR count). The van der Waals surface area contributed by atoms with Crippen LogP contribution < -0.4 is 0 Å². The van der Waals surface area contributed by atoms with Crippen molar-refractivity contribution in [1.29, 1.82) is 0 Å². The van der Waals surface area contributed by atoms with Gasteiger partial charge in [0.15, 0.2) is 5.16 Å². The van der Waals surface area contributed by atoms with Gasteiger partial charge in [0.1, 0.15) is 6.33 Å². The summed E-state index contributed by atoms with van der Waals surface area (Å²) in [6, 6.07) is 17.3. The van der Waals surface area contributed by atoms with Crippen LogP contribution >= 0.6 is 24.4 Å². The van der Waals surface area contributed by atoms with Crippen molar-refractivity contribution >= 4 is 35.9 Å². The zero-order valence-electron chi connectivity index (χ0n) is 14.0. The highest BCUT2D eigenvalue weighted by atomic mass is 32.2. The van der Waals surface area contributed by atoms with Gasteiger partial charge < -0.3 is 0 Å². The Labute approximate surface area is 161 Å². The van der Waals surface area contributed by atoms with Crippen molar-refractivity contribution in [3.63, 3.8) is 0 Å². The molecule has 3 aromatic rings. The zero-order chi connectivity index (χ0) is 18.4. The van der Waals surface area contributed by atoms with Gasteiger partial charge in [0.05, 0.1) is 10.6 Å². The number of hydrogen-bond donors (Lipinski definition) is 2. The number of H-pyrrole nitrogens is 1. The molecular formula is C19H16N4OS2. The van der Waals surface area contributed by atoms with Crippen LogP contribution in [0.25, 0.3) is 0 Å². The first-order valence-electron chi connectivity index (χ1n) is 7.79. The maximum Gasteiger partial charge on any atom is 0.200 e. The fourth-order valence-electron chi connectivity index (χ4n) is 2.34. The van der Waals surface area contributed by atoms with E-state index in [1.165, 1.54) is 18.1 Å². The van der Waals surface area contributed by atoms with Crippen molar-refractivity contribution in [3.8, 4) is 0 Å². The van der Waals surface area contributed by atoms with Gasteiger partial charge in [0.25, 0.3) is 0 Å². The van der Waals surface area contributed by atoms with Gasteiger partial charge in [-0.05, 0) is 30.0 Å². The Balaban J connectivity index is 0.000000236. The Morgan fingerprint density at radius 1 is 1.04 bits per heavy atom. The Bertz CT molecular complexity index is 951. The molecule has 0 radical (unpaired) electrons. The molecule has 0 atom stereocenters. The molecule has 1 N–H and O–H groups in total. The van der Waals surface area contributed by atoms with Gasteiger partial charge in [0.2, 0.25) is 5.78 Å². The number of nitrogens with one attached hydrogen (secondary N) is 1. The smallest absolute Gasteiger partial charge is 0.200 e. The molecule has 0 saturated carbocycles. The third kappa shape index (κ3) is 4.30. The van der Waals surface area contributed by atoms with Crippen molar-refractivity contribution in [3.05, 3.63) is 83.0 Å². The molecule has 0 unspecified atom stereocenters. The average Bonchev–Trinajstić information content (AvgIpc) is 3.18. The van der Waals surface area contributed by atoms with Crippen molar-refractivity contribution in [2.75, 3.05) is 7.05 Å². The number of thioether (sulfide) groups is 1. The maximum atomic E-state index is 12.4. The number of benzene rings is 2. The molecule has 0 spiro atoms. The van der Waals surface area contributed by atoms with Crippen LogP contribution in [-0.4, -0.2) is 33.7 Å². The molecule has 2 aromatic carbocycles. The first kappa shape index (κ1) is 18.2. The first-order chi connectivity index (χ1) is 12.7. The lowest BCUT2D eigenvalue weighted by Crippen LogP contribution is -2.16. The summed E-state index contributed by atoms with van der Waals surface area (Å²) in [7, 11) is 1.72. The number of hydrogen-bond acceptors (Lipinski definition) is 6. The normalized spacial score (nSPS) is 14.3. The van der Waals surface area contributed by atoms with Crippen molar-refractivity contribution in [2.24, 2.45) is 4.99 Å². The average molecular weight is 380 g/mol. The second kappa shape index (κ2) is 8.64. The third-order valence-electron chi connectivity index (χ3n) is 3.54. The summed E-state index contributed by atoms with van der Waals surface area (Å²) < 4.78 is 0. The van der Waals surface area contributed by atoms with E-state index in [4.69, 9.17) is 0 Å². The molecule has 130 valence electrons. The highest BCUT2D eigenvalue weighted by Gasteiger charge is 2.24. The van der Waals surface area contributed by atoms with Gasteiger partial charge in [0, 0.05) is 23.1 Å². The maximum absolute atomic E-state index is 12.4. The Morgan fingerprint density at radius 2 is 1.73 bits per heavy atom. The standard InChI is InChI=1S/C13H10N4OS.C6H6S/c1-14-10-6-11(19-13-15-7-16-17-13)12(18)9-5-3-2-4-8(9)10;7-6-4-2-1-3-5-6/h2-7H,1H3,(H,15,16,17);1-5,7H. The second-order valence-electron chi connectivity index (χ2n) is 5.22. The summed E-state index contributed by atoms with van der Waals surface area (Å²) in [4.78, 5) is 22.3. The lowest BCUT2D eigenvalue weighted by Gasteiger charge is -2.15. The van der Waals surface area contributed by atoms with Crippen molar-refractivity contribution in [1.82, 2.24) is 15.2 Å². The minimum atomic E-state index is -0.00981. The minimum Gasteiger partial charge on any atom is -0.288 e. The Morgan fingerprint density at radius 3 is 2.31 bits per heavy atom. The number of carbonyl (C=O) groups excluding carboxylic acids is 1. The molecule has 7 heteroatoms. The van der Waals surface area contributed by atoms with E-state index >= 15 is 0 Å². The number of Topliss-reactive ketones (excluding diaryl/α,β-unsaturated/α-hetero) is 1. The quantitative estimate of drug-likeness (QED) is 0.658. The fraction of sp³-hybridized carbons (Fsp3) is 0.0526. The number of aromatic nitrogens is 3. The number of ketones is 1. The summed E-state index contributed by atoms with van der Waals surface area (Å²) in [5.41, 5.74) is 2.35. The molecule has 1 aliphatic rings. The predicted octanol–water partition coefficient (Wildman–Crippen LogP) is 4.07. The Kier molecular flexibility index (Phi) is 6.04. The van der Waals surface area contributed by atoms with E-state index in [0.717, 1.165) is 16.2 Å². The second-order valence-corrected chi connectivity index (χ2v) is 6.77. The van der Waals surface area contributed by atoms with Crippen LogP contribution in [0.1, 0.15) is 15.9 Å². The molecule has 0 bridgehead atoms. The number of rotatable bonds is 2. The van der Waals surface area contributed by atoms with Gasteiger partial charge >= 0.3 is 0 Å².